The van der Waals surface area contributed by atoms with Gasteiger partial charge in [-0.2, -0.15) is 0 Å². The molecule has 1 saturated heterocycles. The van der Waals surface area contributed by atoms with Crippen LogP contribution < -0.4 is 10.1 Å². The average molecular weight is 396 g/mol. The Morgan fingerprint density at radius 1 is 1.03 bits per heavy atom. The van der Waals surface area contributed by atoms with Gasteiger partial charge in [0.1, 0.15) is 5.75 Å². The Morgan fingerprint density at radius 3 is 2.62 bits per heavy atom. The molecule has 2 aromatic carbocycles. The zero-order chi connectivity index (χ0) is 20.5. The van der Waals surface area contributed by atoms with Gasteiger partial charge in [-0.1, -0.05) is 24.3 Å². The third-order valence-corrected chi connectivity index (χ3v) is 5.27. The SMILES string of the molecule is Cc1cccc(OCCCCC(=O)Nc2cccc(CN3CCN(C)CC3)c2)c1. The van der Waals surface area contributed by atoms with Gasteiger partial charge in [-0.15, -0.1) is 0 Å². The Bertz CT molecular complexity index is 785. The molecule has 1 N–H and O–H groups in total. The summed E-state index contributed by atoms with van der Waals surface area (Å²) in [5.41, 5.74) is 3.33. The van der Waals surface area contributed by atoms with Crippen molar-refractivity contribution in [2.45, 2.75) is 32.7 Å². The molecule has 1 fully saturated rings. The number of anilines is 1. The Balaban J connectivity index is 1.35. The molecule has 1 amide bonds. The number of benzene rings is 2. The summed E-state index contributed by atoms with van der Waals surface area (Å²) in [6, 6.07) is 16.3. The molecule has 0 saturated carbocycles. The molecule has 156 valence electrons. The summed E-state index contributed by atoms with van der Waals surface area (Å²) < 4.78 is 5.74. The zero-order valence-electron chi connectivity index (χ0n) is 17.7. The maximum atomic E-state index is 12.3. The van der Waals surface area contributed by atoms with Gasteiger partial charge in [0, 0.05) is 44.8 Å². The maximum absolute atomic E-state index is 12.3. The lowest BCUT2D eigenvalue weighted by atomic mass is 10.1. The van der Waals surface area contributed by atoms with Gasteiger partial charge in [0.2, 0.25) is 5.91 Å². The van der Waals surface area contributed by atoms with Crippen LogP contribution in [-0.4, -0.2) is 55.5 Å². The van der Waals surface area contributed by atoms with Crippen LogP contribution in [0.4, 0.5) is 5.69 Å². The number of amides is 1. The van der Waals surface area contributed by atoms with E-state index in [0.29, 0.717) is 13.0 Å². The molecule has 0 unspecified atom stereocenters. The fourth-order valence-corrected chi connectivity index (χ4v) is 3.52. The molecule has 1 aliphatic heterocycles. The summed E-state index contributed by atoms with van der Waals surface area (Å²) in [5.74, 6) is 0.962. The van der Waals surface area contributed by atoms with E-state index in [1.807, 2.05) is 30.3 Å². The number of hydrogen-bond donors (Lipinski definition) is 1. The van der Waals surface area contributed by atoms with E-state index in [0.717, 1.165) is 57.0 Å². The molecule has 0 aromatic heterocycles. The fraction of sp³-hybridized carbons (Fsp3) is 0.458. The van der Waals surface area contributed by atoms with Crippen molar-refractivity contribution in [2.75, 3.05) is 45.2 Å². The van der Waals surface area contributed by atoms with Crippen molar-refractivity contribution in [3.63, 3.8) is 0 Å². The van der Waals surface area contributed by atoms with Crippen LogP contribution in [0.15, 0.2) is 48.5 Å². The number of rotatable bonds is 9. The lowest BCUT2D eigenvalue weighted by molar-refractivity contribution is -0.116. The second kappa shape index (κ2) is 11.0. The standard InChI is InChI=1S/C24H33N3O2/c1-20-7-5-10-23(17-20)29-16-4-3-11-24(28)25-22-9-6-8-21(18-22)19-27-14-12-26(2)13-15-27/h5-10,17-18H,3-4,11-16,19H2,1-2H3,(H,25,28). The average Bonchev–Trinajstić information content (AvgIpc) is 2.70. The van der Waals surface area contributed by atoms with Crippen molar-refractivity contribution in [1.29, 1.82) is 0 Å². The zero-order valence-corrected chi connectivity index (χ0v) is 17.7. The first kappa shape index (κ1) is 21.3. The van der Waals surface area contributed by atoms with E-state index in [-0.39, 0.29) is 5.91 Å². The number of aryl methyl sites for hydroxylation is 1. The monoisotopic (exact) mass is 395 g/mol. The molecule has 0 radical (unpaired) electrons. The van der Waals surface area contributed by atoms with E-state index >= 15 is 0 Å². The van der Waals surface area contributed by atoms with Gasteiger partial charge in [0.25, 0.3) is 0 Å². The first-order valence-corrected chi connectivity index (χ1v) is 10.6. The number of carbonyl (C=O) groups excluding carboxylic acids is 1. The molecule has 5 nitrogen and oxygen atoms in total. The summed E-state index contributed by atoms with van der Waals surface area (Å²) in [6.07, 6.45) is 2.20. The van der Waals surface area contributed by atoms with E-state index < -0.39 is 0 Å². The number of likely N-dealkylation sites (N-methyl/N-ethyl adjacent to an activating group) is 1. The van der Waals surface area contributed by atoms with Crippen LogP contribution in [0.1, 0.15) is 30.4 Å². The second-order valence-electron chi connectivity index (χ2n) is 7.95. The number of unbranched alkanes of at least 4 members (excludes halogenated alkanes) is 1. The molecular formula is C24H33N3O2. The smallest absolute Gasteiger partial charge is 0.224 e. The largest absolute Gasteiger partial charge is 0.494 e. The number of piperazine rings is 1. The molecule has 0 aliphatic carbocycles. The van der Waals surface area contributed by atoms with Gasteiger partial charge >= 0.3 is 0 Å². The van der Waals surface area contributed by atoms with E-state index in [2.05, 4.69) is 47.3 Å². The van der Waals surface area contributed by atoms with Crippen molar-refractivity contribution in [3.05, 3.63) is 59.7 Å². The number of nitrogens with one attached hydrogen (secondary N) is 1. The lowest BCUT2D eigenvalue weighted by Crippen LogP contribution is -2.43. The first-order valence-electron chi connectivity index (χ1n) is 10.6. The van der Waals surface area contributed by atoms with Crippen molar-refractivity contribution >= 4 is 11.6 Å². The number of carbonyl (C=O) groups is 1. The maximum Gasteiger partial charge on any atom is 0.224 e. The highest BCUT2D eigenvalue weighted by molar-refractivity contribution is 5.90. The molecule has 2 aromatic rings. The van der Waals surface area contributed by atoms with Crippen molar-refractivity contribution in [3.8, 4) is 5.75 Å². The van der Waals surface area contributed by atoms with Crippen LogP contribution >= 0.6 is 0 Å². The third kappa shape index (κ3) is 7.52. The van der Waals surface area contributed by atoms with E-state index in [4.69, 9.17) is 4.74 Å². The summed E-state index contributed by atoms with van der Waals surface area (Å²) in [7, 11) is 2.17. The van der Waals surface area contributed by atoms with E-state index in [1.54, 1.807) is 0 Å². The summed E-state index contributed by atoms with van der Waals surface area (Å²) in [6.45, 7) is 8.05. The van der Waals surface area contributed by atoms with Crippen molar-refractivity contribution < 1.29 is 9.53 Å². The summed E-state index contributed by atoms with van der Waals surface area (Å²) in [4.78, 5) is 17.1. The van der Waals surface area contributed by atoms with Gasteiger partial charge in [0.05, 0.1) is 6.61 Å². The van der Waals surface area contributed by atoms with Gasteiger partial charge < -0.3 is 15.0 Å². The number of nitrogens with zero attached hydrogens (tertiary/aromatic N) is 2. The minimum atomic E-state index is 0.0669. The highest BCUT2D eigenvalue weighted by Gasteiger charge is 2.14. The molecule has 0 atom stereocenters. The quantitative estimate of drug-likeness (QED) is 0.654. The predicted octanol–water partition coefficient (Wildman–Crippen LogP) is 3.93. The molecule has 5 heteroatoms. The summed E-state index contributed by atoms with van der Waals surface area (Å²) in [5, 5.41) is 3.04. The van der Waals surface area contributed by atoms with E-state index in [9.17, 15) is 4.79 Å². The number of hydrogen-bond acceptors (Lipinski definition) is 4. The van der Waals surface area contributed by atoms with Gasteiger partial charge in [-0.05, 0) is 62.2 Å². The van der Waals surface area contributed by atoms with Crippen LogP contribution in [0.5, 0.6) is 5.75 Å². The van der Waals surface area contributed by atoms with Crippen LogP contribution in [0.2, 0.25) is 0 Å². The van der Waals surface area contributed by atoms with Gasteiger partial charge in [0.15, 0.2) is 0 Å². The molecule has 3 rings (SSSR count). The molecule has 1 aliphatic rings. The highest BCUT2D eigenvalue weighted by Crippen LogP contribution is 2.15. The van der Waals surface area contributed by atoms with Gasteiger partial charge in [-0.3, -0.25) is 9.69 Å². The minimum absolute atomic E-state index is 0.0669. The molecule has 0 bridgehead atoms. The minimum Gasteiger partial charge on any atom is -0.494 e. The molecular weight excluding hydrogens is 362 g/mol. The van der Waals surface area contributed by atoms with Crippen LogP contribution in [0.3, 0.4) is 0 Å². The predicted molar refractivity (Wildman–Crippen MR) is 118 cm³/mol. The molecule has 1 heterocycles. The molecule has 29 heavy (non-hydrogen) atoms. The van der Waals surface area contributed by atoms with Gasteiger partial charge in [-0.25, -0.2) is 0 Å². The second-order valence-corrected chi connectivity index (χ2v) is 7.95. The normalized spacial score (nSPS) is 15.2. The Morgan fingerprint density at radius 2 is 1.83 bits per heavy atom. The Hall–Kier alpha value is -2.37. The first-order chi connectivity index (χ1) is 14.1. The summed E-state index contributed by atoms with van der Waals surface area (Å²) >= 11 is 0. The van der Waals surface area contributed by atoms with Crippen LogP contribution in [-0.2, 0) is 11.3 Å². The van der Waals surface area contributed by atoms with Crippen molar-refractivity contribution in [1.82, 2.24) is 9.80 Å². The molecule has 0 spiro atoms. The number of ether oxygens (including phenoxy) is 1. The fourth-order valence-electron chi connectivity index (χ4n) is 3.52. The topological polar surface area (TPSA) is 44.8 Å². The Kier molecular flexibility index (Phi) is 8.08. The van der Waals surface area contributed by atoms with Crippen molar-refractivity contribution in [2.24, 2.45) is 0 Å². The highest BCUT2D eigenvalue weighted by atomic mass is 16.5. The Labute approximate surface area is 174 Å². The third-order valence-electron chi connectivity index (χ3n) is 5.27. The van der Waals surface area contributed by atoms with Crippen LogP contribution in [0.25, 0.3) is 0 Å². The lowest BCUT2D eigenvalue weighted by Gasteiger charge is -2.32. The van der Waals surface area contributed by atoms with Crippen LogP contribution in [0, 0.1) is 6.92 Å². The van der Waals surface area contributed by atoms with E-state index in [1.165, 1.54) is 11.1 Å².